The van der Waals surface area contributed by atoms with Crippen LogP contribution in [-0.4, -0.2) is 20.0 Å². The van der Waals surface area contributed by atoms with E-state index in [2.05, 4.69) is 0 Å². The molecule has 0 saturated heterocycles. The third kappa shape index (κ3) is 1.53. The van der Waals surface area contributed by atoms with Gasteiger partial charge in [-0.1, -0.05) is 6.08 Å². The molecule has 0 amide bonds. The lowest BCUT2D eigenvalue weighted by molar-refractivity contribution is 0.595. The van der Waals surface area contributed by atoms with Gasteiger partial charge in [0.2, 0.25) is 10.0 Å². The van der Waals surface area contributed by atoms with E-state index in [0.717, 1.165) is 0 Å². The molecule has 1 rings (SSSR count). The molecule has 0 aromatic rings. The summed E-state index contributed by atoms with van der Waals surface area (Å²) in [6.07, 6.45) is 2.86. The second-order valence-corrected chi connectivity index (χ2v) is 3.47. The molecule has 1 aliphatic heterocycles. The number of hydrogen-bond donors (Lipinski definition) is 2. The summed E-state index contributed by atoms with van der Waals surface area (Å²) in [5.41, 5.74) is 0. The first kappa shape index (κ1) is 6.28. The molecule has 0 spiro atoms. The fourth-order valence-electron chi connectivity index (χ4n) is 0.536. The van der Waals surface area contributed by atoms with E-state index in [1.165, 1.54) is 12.2 Å². The van der Waals surface area contributed by atoms with E-state index in [1.54, 1.807) is 0 Å². The van der Waals surface area contributed by atoms with Gasteiger partial charge in [-0.15, -0.1) is 0 Å². The first-order valence-electron chi connectivity index (χ1n) is 2.36. The third-order valence-electron chi connectivity index (χ3n) is 0.866. The van der Waals surface area contributed by atoms with Crippen LogP contribution in [0.2, 0.25) is 0 Å². The molecular weight excluding hydrogens is 140 g/mol. The van der Waals surface area contributed by atoms with E-state index in [9.17, 15) is 8.42 Å². The molecule has 0 aromatic heterocycles. The number of amidine groups is 1. The molecule has 5 heteroatoms. The molecule has 1 heterocycles. The molecule has 0 fully saturated rings. The topological polar surface area (TPSA) is 70.0 Å². The van der Waals surface area contributed by atoms with Crippen LogP contribution >= 0.6 is 0 Å². The van der Waals surface area contributed by atoms with Gasteiger partial charge in [0, 0.05) is 0 Å². The molecule has 0 saturated carbocycles. The molecule has 2 N–H and O–H groups in total. The van der Waals surface area contributed by atoms with Gasteiger partial charge < -0.3 is 0 Å². The summed E-state index contributed by atoms with van der Waals surface area (Å²) in [5.74, 6) is -0.0868. The SMILES string of the molecule is N=C1C=CCS(=O)(=O)N1. The summed E-state index contributed by atoms with van der Waals surface area (Å²) in [6.45, 7) is 0. The molecule has 0 bridgehead atoms. The minimum atomic E-state index is -3.19. The van der Waals surface area contributed by atoms with Crippen molar-refractivity contribution in [3.05, 3.63) is 12.2 Å². The average Bonchev–Trinajstić information content (AvgIpc) is 1.60. The Labute approximate surface area is 53.1 Å². The zero-order valence-electron chi connectivity index (χ0n) is 4.59. The maximum absolute atomic E-state index is 10.6. The van der Waals surface area contributed by atoms with Gasteiger partial charge in [-0.05, 0) is 6.08 Å². The molecule has 50 valence electrons. The number of hydrogen-bond acceptors (Lipinski definition) is 3. The number of sulfonamides is 1. The van der Waals surface area contributed by atoms with Crippen molar-refractivity contribution in [1.29, 1.82) is 5.41 Å². The standard InChI is InChI=1S/C4H6N2O2S/c5-4-2-1-3-9(7,8)6-4/h1-2H,3H2,(H2,5,6). The maximum atomic E-state index is 10.6. The van der Waals surface area contributed by atoms with Crippen LogP contribution in [0.1, 0.15) is 0 Å². The molecule has 0 unspecified atom stereocenters. The van der Waals surface area contributed by atoms with Crippen molar-refractivity contribution in [2.45, 2.75) is 0 Å². The summed E-state index contributed by atoms with van der Waals surface area (Å²) in [6, 6.07) is 0. The lowest BCUT2D eigenvalue weighted by Crippen LogP contribution is -2.33. The molecule has 1 aliphatic rings. The van der Waals surface area contributed by atoms with Gasteiger partial charge in [0.1, 0.15) is 5.84 Å². The Bertz CT molecular complexity index is 252. The minimum Gasteiger partial charge on any atom is -0.284 e. The molecular formula is C4H6N2O2S. The van der Waals surface area contributed by atoms with Crippen molar-refractivity contribution < 1.29 is 8.42 Å². The quantitative estimate of drug-likeness (QED) is 0.481. The minimum absolute atomic E-state index is 0.0185. The fraction of sp³-hybridized carbons (Fsp3) is 0.250. The highest BCUT2D eigenvalue weighted by molar-refractivity contribution is 7.90. The predicted molar refractivity (Wildman–Crippen MR) is 33.8 cm³/mol. The van der Waals surface area contributed by atoms with Crippen LogP contribution in [0, 0.1) is 5.41 Å². The largest absolute Gasteiger partial charge is 0.284 e. The second-order valence-electron chi connectivity index (χ2n) is 1.70. The van der Waals surface area contributed by atoms with Gasteiger partial charge in [-0.2, -0.15) is 0 Å². The second kappa shape index (κ2) is 1.84. The van der Waals surface area contributed by atoms with E-state index >= 15 is 0 Å². The highest BCUT2D eigenvalue weighted by Gasteiger charge is 2.11. The van der Waals surface area contributed by atoms with Crippen molar-refractivity contribution in [2.24, 2.45) is 0 Å². The average molecular weight is 146 g/mol. The van der Waals surface area contributed by atoms with Gasteiger partial charge in [0.05, 0.1) is 5.75 Å². The van der Waals surface area contributed by atoms with Crippen molar-refractivity contribution >= 4 is 15.9 Å². The zero-order valence-corrected chi connectivity index (χ0v) is 5.40. The summed E-state index contributed by atoms with van der Waals surface area (Å²) < 4.78 is 23.1. The normalized spacial score (nSPS) is 23.3. The highest BCUT2D eigenvalue weighted by Crippen LogP contribution is 1.92. The van der Waals surface area contributed by atoms with Crippen LogP contribution in [-0.2, 0) is 10.0 Å². The highest BCUT2D eigenvalue weighted by atomic mass is 32.2. The van der Waals surface area contributed by atoms with Gasteiger partial charge in [0.15, 0.2) is 0 Å². The van der Waals surface area contributed by atoms with E-state index in [0.29, 0.717) is 0 Å². The van der Waals surface area contributed by atoms with Gasteiger partial charge in [0.25, 0.3) is 0 Å². The number of nitrogens with one attached hydrogen (secondary N) is 2. The molecule has 4 nitrogen and oxygen atoms in total. The molecule has 0 radical (unpaired) electrons. The van der Waals surface area contributed by atoms with Crippen LogP contribution in [0.4, 0.5) is 0 Å². The first-order valence-corrected chi connectivity index (χ1v) is 4.01. The van der Waals surface area contributed by atoms with E-state index in [1.807, 2.05) is 4.72 Å². The smallest absolute Gasteiger partial charge is 0.237 e. The van der Waals surface area contributed by atoms with Crippen LogP contribution in [0.15, 0.2) is 12.2 Å². The van der Waals surface area contributed by atoms with E-state index in [-0.39, 0.29) is 11.6 Å². The lowest BCUT2D eigenvalue weighted by Gasteiger charge is -2.07. The van der Waals surface area contributed by atoms with E-state index in [4.69, 9.17) is 5.41 Å². The van der Waals surface area contributed by atoms with Crippen molar-refractivity contribution in [2.75, 3.05) is 5.75 Å². The summed E-state index contributed by atoms with van der Waals surface area (Å²) in [4.78, 5) is 0. The predicted octanol–water partition coefficient (Wildman–Crippen LogP) is -0.547. The van der Waals surface area contributed by atoms with Gasteiger partial charge >= 0.3 is 0 Å². The van der Waals surface area contributed by atoms with Crippen LogP contribution < -0.4 is 4.72 Å². The third-order valence-corrected chi connectivity index (χ3v) is 2.03. The summed E-state index contributed by atoms with van der Waals surface area (Å²) in [7, 11) is -3.19. The maximum Gasteiger partial charge on any atom is 0.237 e. The first-order chi connectivity index (χ1) is 4.10. The zero-order chi connectivity index (χ0) is 6.91. The Kier molecular flexibility index (Phi) is 1.28. The monoisotopic (exact) mass is 146 g/mol. The van der Waals surface area contributed by atoms with Gasteiger partial charge in [-0.25, -0.2) is 8.42 Å². The molecule has 0 aliphatic carbocycles. The Morgan fingerprint density at radius 1 is 1.67 bits per heavy atom. The summed E-state index contributed by atoms with van der Waals surface area (Å²) in [5, 5.41) is 6.87. The molecule has 9 heavy (non-hydrogen) atoms. The van der Waals surface area contributed by atoms with E-state index < -0.39 is 10.0 Å². The Hall–Kier alpha value is -0.840. The van der Waals surface area contributed by atoms with Gasteiger partial charge in [-0.3, -0.25) is 10.1 Å². The Balaban J connectivity index is 2.94. The molecule has 0 aromatic carbocycles. The lowest BCUT2D eigenvalue weighted by atomic mass is 10.5. The van der Waals surface area contributed by atoms with Crippen molar-refractivity contribution in [3.63, 3.8) is 0 Å². The van der Waals surface area contributed by atoms with Crippen LogP contribution in [0.5, 0.6) is 0 Å². The van der Waals surface area contributed by atoms with Crippen molar-refractivity contribution in [3.8, 4) is 0 Å². The van der Waals surface area contributed by atoms with Crippen LogP contribution in [0.3, 0.4) is 0 Å². The fourth-order valence-corrected chi connectivity index (χ4v) is 1.37. The van der Waals surface area contributed by atoms with Crippen LogP contribution in [0.25, 0.3) is 0 Å². The summed E-state index contributed by atoms with van der Waals surface area (Å²) >= 11 is 0. The number of rotatable bonds is 0. The Morgan fingerprint density at radius 2 is 2.33 bits per heavy atom. The van der Waals surface area contributed by atoms with Crippen molar-refractivity contribution in [1.82, 2.24) is 4.72 Å². The molecule has 0 atom stereocenters. The Morgan fingerprint density at radius 3 is 2.67 bits per heavy atom.